The van der Waals surface area contributed by atoms with Gasteiger partial charge in [-0.2, -0.15) is 0 Å². The summed E-state index contributed by atoms with van der Waals surface area (Å²) >= 11 is 4.95. The fraction of sp³-hybridized carbons (Fsp3) is 0.529. The summed E-state index contributed by atoms with van der Waals surface area (Å²) in [5.74, 6) is 2.51. The van der Waals surface area contributed by atoms with Crippen molar-refractivity contribution < 1.29 is 4.79 Å². The Hall–Kier alpha value is -1.42. The maximum Gasteiger partial charge on any atom is 0.227 e. The second-order valence-electron chi connectivity index (χ2n) is 6.50. The SMILES string of the molecule is CN(C(=O)CC1CC2CCC1C2)c1ccc(C(N)=S)cc1. The third kappa shape index (κ3) is 2.95. The number of fused-ring (bicyclic) bond motifs is 2. The summed E-state index contributed by atoms with van der Waals surface area (Å²) in [4.78, 5) is 14.6. The molecule has 0 radical (unpaired) electrons. The summed E-state index contributed by atoms with van der Waals surface area (Å²) in [5, 5.41) is 0. The molecule has 0 aliphatic heterocycles. The summed E-state index contributed by atoms with van der Waals surface area (Å²) in [6, 6.07) is 7.57. The first-order valence-electron chi connectivity index (χ1n) is 7.71. The van der Waals surface area contributed by atoms with Gasteiger partial charge >= 0.3 is 0 Å². The van der Waals surface area contributed by atoms with Crippen molar-refractivity contribution in [2.24, 2.45) is 23.5 Å². The van der Waals surface area contributed by atoms with Gasteiger partial charge in [0, 0.05) is 24.7 Å². The number of benzene rings is 1. The minimum atomic E-state index is 0.218. The van der Waals surface area contributed by atoms with Crippen LogP contribution in [-0.4, -0.2) is 17.9 Å². The molecule has 3 nitrogen and oxygen atoms in total. The van der Waals surface area contributed by atoms with Crippen molar-refractivity contribution >= 4 is 28.8 Å². The summed E-state index contributed by atoms with van der Waals surface area (Å²) in [6.07, 6.45) is 6.00. The van der Waals surface area contributed by atoms with Gasteiger partial charge in [0.25, 0.3) is 0 Å². The number of hydrogen-bond donors (Lipinski definition) is 1. The van der Waals surface area contributed by atoms with E-state index >= 15 is 0 Å². The molecular weight excluding hydrogens is 280 g/mol. The first-order valence-corrected chi connectivity index (χ1v) is 8.12. The van der Waals surface area contributed by atoms with Gasteiger partial charge in [-0.15, -0.1) is 0 Å². The van der Waals surface area contributed by atoms with Crippen molar-refractivity contribution in [1.29, 1.82) is 0 Å². The van der Waals surface area contributed by atoms with Gasteiger partial charge in [-0.05, 0) is 61.3 Å². The molecule has 3 rings (SSSR count). The van der Waals surface area contributed by atoms with Crippen molar-refractivity contribution in [1.82, 2.24) is 0 Å². The molecule has 112 valence electrons. The minimum Gasteiger partial charge on any atom is -0.389 e. The molecule has 2 aliphatic rings. The largest absolute Gasteiger partial charge is 0.389 e. The molecule has 3 atom stereocenters. The number of nitrogens with zero attached hydrogens (tertiary/aromatic N) is 1. The van der Waals surface area contributed by atoms with E-state index in [4.69, 9.17) is 18.0 Å². The summed E-state index contributed by atoms with van der Waals surface area (Å²) < 4.78 is 0. The maximum absolute atomic E-state index is 12.5. The monoisotopic (exact) mass is 302 g/mol. The van der Waals surface area contributed by atoms with Crippen LogP contribution in [0.3, 0.4) is 0 Å². The van der Waals surface area contributed by atoms with Crippen molar-refractivity contribution in [3.05, 3.63) is 29.8 Å². The molecule has 0 spiro atoms. The van der Waals surface area contributed by atoms with Gasteiger partial charge in [-0.3, -0.25) is 4.79 Å². The molecule has 1 aromatic rings. The van der Waals surface area contributed by atoms with Gasteiger partial charge < -0.3 is 10.6 Å². The Morgan fingerprint density at radius 3 is 2.52 bits per heavy atom. The molecule has 2 saturated carbocycles. The summed E-state index contributed by atoms with van der Waals surface area (Å²) in [6.45, 7) is 0. The van der Waals surface area contributed by atoms with E-state index in [9.17, 15) is 4.79 Å². The molecule has 2 bridgehead atoms. The van der Waals surface area contributed by atoms with Crippen molar-refractivity contribution in [3.63, 3.8) is 0 Å². The highest BCUT2D eigenvalue weighted by Crippen LogP contribution is 2.49. The molecule has 0 saturated heterocycles. The molecule has 21 heavy (non-hydrogen) atoms. The number of amides is 1. The fourth-order valence-corrected chi connectivity index (χ4v) is 4.12. The molecule has 2 fully saturated rings. The zero-order valence-corrected chi connectivity index (χ0v) is 13.2. The first kappa shape index (κ1) is 14.5. The first-order chi connectivity index (χ1) is 10.0. The highest BCUT2D eigenvalue weighted by molar-refractivity contribution is 7.80. The van der Waals surface area contributed by atoms with Gasteiger partial charge in [0.1, 0.15) is 4.99 Å². The van der Waals surface area contributed by atoms with Gasteiger partial charge in [0.15, 0.2) is 0 Å². The third-order valence-corrected chi connectivity index (χ3v) is 5.47. The Kier molecular flexibility index (Phi) is 3.98. The second kappa shape index (κ2) is 5.76. The quantitative estimate of drug-likeness (QED) is 0.869. The Morgan fingerprint density at radius 2 is 2.00 bits per heavy atom. The van der Waals surface area contributed by atoms with Crippen LogP contribution in [0.5, 0.6) is 0 Å². The van der Waals surface area contributed by atoms with E-state index in [-0.39, 0.29) is 5.91 Å². The molecule has 2 aliphatic carbocycles. The average molecular weight is 302 g/mol. The molecular formula is C17H22N2OS. The molecule has 4 heteroatoms. The minimum absolute atomic E-state index is 0.218. The average Bonchev–Trinajstić information content (AvgIpc) is 3.09. The Labute approximate surface area is 131 Å². The predicted molar refractivity (Wildman–Crippen MR) is 89.3 cm³/mol. The summed E-state index contributed by atoms with van der Waals surface area (Å²) in [5.41, 5.74) is 7.34. The van der Waals surface area contributed by atoms with E-state index in [2.05, 4.69) is 0 Å². The van der Waals surface area contributed by atoms with Crippen LogP contribution in [0, 0.1) is 17.8 Å². The van der Waals surface area contributed by atoms with E-state index in [1.807, 2.05) is 31.3 Å². The van der Waals surface area contributed by atoms with E-state index in [1.165, 1.54) is 25.7 Å². The lowest BCUT2D eigenvalue weighted by Crippen LogP contribution is -2.29. The van der Waals surface area contributed by atoms with Gasteiger partial charge in [0.2, 0.25) is 5.91 Å². The lowest BCUT2D eigenvalue weighted by atomic mass is 9.86. The Balaban J connectivity index is 1.62. The van der Waals surface area contributed by atoms with Gasteiger partial charge in [-0.1, -0.05) is 18.6 Å². The zero-order chi connectivity index (χ0) is 15.0. The standard InChI is InChI=1S/C17H22N2OS/c1-19(15-6-4-12(5-7-15)17(18)21)16(20)10-14-9-11-2-3-13(14)8-11/h4-7,11,13-14H,2-3,8-10H2,1H3,(H2,18,21). The van der Waals surface area contributed by atoms with Crippen LogP contribution < -0.4 is 10.6 Å². The van der Waals surface area contributed by atoms with E-state index in [1.54, 1.807) is 4.90 Å². The molecule has 2 N–H and O–H groups in total. The van der Waals surface area contributed by atoms with Crippen LogP contribution in [0.4, 0.5) is 5.69 Å². The van der Waals surface area contributed by atoms with Crippen LogP contribution in [-0.2, 0) is 4.79 Å². The van der Waals surface area contributed by atoms with Crippen LogP contribution in [0.2, 0.25) is 0 Å². The van der Waals surface area contributed by atoms with Crippen LogP contribution >= 0.6 is 12.2 Å². The number of carbonyl (C=O) groups is 1. The maximum atomic E-state index is 12.5. The Bertz CT molecular complexity index is 554. The van der Waals surface area contributed by atoms with E-state index in [0.29, 0.717) is 17.3 Å². The lowest BCUT2D eigenvalue weighted by molar-refractivity contribution is -0.119. The lowest BCUT2D eigenvalue weighted by Gasteiger charge is -2.24. The molecule has 1 aromatic carbocycles. The van der Waals surface area contributed by atoms with E-state index < -0.39 is 0 Å². The number of hydrogen-bond acceptors (Lipinski definition) is 2. The van der Waals surface area contributed by atoms with Crippen molar-refractivity contribution in [2.75, 3.05) is 11.9 Å². The second-order valence-corrected chi connectivity index (χ2v) is 6.94. The highest BCUT2D eigenvalue weighted by Gasteiger charge is 2.40. The highest BCUT2D eigenvalue weighted by atomic mass is 32.1. The van der Waals surface area contributed by atoms with E-state index in [0.717, 1.165) is 23.1 Å². The number of anilines is 1. The van der Waals surface area contributed by atoms with Crippen LogP contribution in [0.1, 0.15) is 37.7 Å². The van der Waals surface area contributed by atoms with Gasteiger partial charge in [0.05, 0.1) is 0 Å². The van der Waals surface area contributed by atoms with Crippen LogP contribution in [0.15, 0.2) is 24.3 Å². The number of nitrogens with two attached hydrogens (primary N) is 1. The molecule has 0 heterocycles. The number of carbonyl (C=O) groups excluding carboxylic acids is 1. The Morgan fingerprint density at radius 1 is 1.29 bits per heavy atom. The third-order valence-electron chi connectivity index (χ3n) is 5.23. The smallest absolute Gasteiger partial charge is 0.227 e. The van der Waals surface area contributed by atoms with Crippen molar-refractivity contribution in [3.8, 4) is 0 Å². The summed E-state index contributed by atoms with van der Waals surface area (Å²) in [7, 11) is 1.85. The molecule has 3 unspecified atom stereocenters. The zero-order valence-electron chi connectivity index (χ0n) is 12.4. The molecule has 0 aromatic heterocycles. The van der Waals surface area contributed by atoms with Gasteiger partial charge in [-0.25, -0.2) is 0 Å². The molecule has 1 amide bonds. The topological polar surface area (TPSA) is 46.3 Å². The number of rotatable bonds is 4. The normalized spacial score (nSPS) is 26.8. The number of thiocarbonyl (C=S) groups is 1. The predicted octanol–water partition coefficient (Wildman–Crippen LogP) is 3.11. The fourth-order valence-electron chi connectivity index (χ4n) is 3.98. The van der Waals surface area contributed by atoms with Crippen molar-refractivity contribution in [2.45, 2.75) is 32.1 Å². The van der Waals surface area contributed by atoms with Crippen LogP contribution in [0.25, 0.3) is 0 Å².